The van der Waals surface area contributed by atoms with Crippen LogP contribution in [0.4, 0.5) is 11.4 Å². The van der Waals surface area contributed by atoms with Crippen molar-refractivity contribution in [1.82, 2.24) is 9.03 Å². The van der Waals surface area contributed by atoms with Gasteiger partial charge < -0.3 is 14.6 Å². The summed E-state index contributed by atoms with van der Waals surface area (Å²) in [5.41, 5.74) is 1.23. The summed E-state index contributed by atoms with van der Waals surface area (Å²) in [5, 5.41) is 10.7. The third kappa shape index (κ3) is 6.75. The molecule has 0 aliphatic rings. The number of hydrogen-bond acceptors (Lipinski definition) is 6. The van der Waals surface area contributed by atoms with Gasteiger partial charge in [-0.2, -0.15) is 0 Å². The van der Waals surface area contributed by atoms with Crippen LogP contribution >= 0.6 is 11.6 Å². The maximum absolute atomic E-state index is 12.8. The van der Waals surface area contributed by atoms with Gasteiger partial charge >= 0.3 is 0 Å². The van der Waals surface area contributed by atoms with Gasteiger partial charge in [0.05, 0.1) is 25.3 Å². The van der Waals surface area contributed by atoms with Crippen LogP contribution in [0.15, 0.2) is 83.1 Å². The zero-order valence-electron chi connectivity index (χ0n) is 19.1. The number of anilines is 2. The number of benzene rings is 3. The normalized spacial score (nSPS) is 12.7. The van der Waals surface area contributed by atoms with E-state index in [2.05, 4.69) is 20.7 Å². The van der Waals surface area contributed by atoms with E-state index in [1.165, 1.54) is 56.6 Å². The van der Waals surface area contributed by atoms with Gasteiger partial charge in [-0.15, -0.1) is 0 Å². The van der Waals surface area contributed by atoms with E-state index in [1.807, 2.05) is 0 Å². The van der Waals surface area contributed by atoms with Crippen LogP contribution in [-0.2, 0) is 41.1 Å². The van der Waals surface area contributed by atoms with Gasteiger partial charge in [0, 0.05) is 30.5 Å². The minimum absolute atomic E-state index is 0.0801. The molecule has 0 amide bonds. The van der Waals surface area contributed by atoms with E-state index < -0.39 is 29.9 Å². The molecule has 9 nitrogen and oxygen atoms in total. The zero-order chi connectivity index (χ0) is 26.7. The van der Waals surface area contributed by atoms with Crippen LogP contribution in [-0.4, -0.2) is 40.3 Å². The van der Waals surface area contributed by atoms with Crippen molar-refractivity contribution in [3.05, 3.63) is 83.9 Å². The Balaban J connectivity index is 1.75. The summed E-state index contributed by atoms with van der Waals surface area (Å²) >= 11 is 11.2. The monoisotopic (exact) mass is 586 g/mol. The fraction of sp³-hybridized carbons (Fsp3) is 0.0909. The largest absolute Gasteiger partial charge is 0.506 e. The average Bonchev–Trinajstić information content (AvgIpc) is 2.81. The molecule has 0 heterocycles. The summed E-state index contributed by atoms with van der Waals surface area (Å²) in [5.74, 6) is -0.214. The highest BCUT2D eigenvalue weighted by atomic mass is 35.5. The average molecular weight is 587 g/mol. The fourth-order valence-corrected chi connectivity index (χ4v) is 6.33. The minimum Gasteiger partial charge on any atom is -0.506 e. The predicted molar refractivity (Wildman–Crippen MR) is 148 cm³/mol. The number of phenolic OH excluding ortho intramolecular Hbond substituents is 1. The highest BCUT2D eigenvalue weighted by molar-refractivity contribution is 8.28. The van der Waals surface area contributed by atoms with E-state index in [-0.39, 0.29) is 21.2 Å². The van der Waals surface area contributed by atoms with Crippen molar-refractivity contribution in [1.29, 1.82) is 0 Å². The van der Waals surface area contributed by atoms with Crippen molar-refractivity contribution in [2.75, 3.05) is 23.5 Å². The molecule has 0 radical (unpaired) electrons. The molecule has 3 rings (SSSR count). The van der Waals surface area contributed by atoms with E-state index in [1.54, 1.807) is 24.3 Å². The van der Waals surface area contributed by atoms with Gasteiger partial charge in [0.15, 0.2) is 0 Å². The maximum Gasteiger partial charge on any atom is 0.261 e. The number of aromatic hydroxyl groups is 1. The van der Waals surface area contributed by atoms with Crippen LogP contribution in [0.2, 0.25) is 5.02 Å². The lowest BCUT2D eigenvalue weighted by Gasteiger charge is -2.17. The molecule has 3 aromatic carbocycles. The van der Waals surface area contributed by atoms with Gasteiger partial charge in [-0.25, -0.2) is 21.1 Å². The quantitative estimate of drug-likeness (QED) is 0.265. The first kappa shape index (κ1) is 27.9. The third-order valence-electron chi connectivity index (χ3n) is 4.75. The van der Waals surface area contributed by atoms with Gasteiger partial charge in [-0.3, -0.25) is 4.72 Å². The molecule has 192 valence electrons. The van der Waals surface area contributed by atoms with Crippen molar-refractivity contribution in [3.8, 4) is 5.75 Å². The standard InChI is InChI=1S/C22H23ClN4O5S4/c1-15(16-5-4-6-20(13-16)36(31,32)27(2)3)24-34(33)25-21-14-19(11-12-22(21)28)35(29,30)26-18-9-7-17(23)8-10-18/h4-14,24-26,28H,1H2,2-3H3. The number of nitrogens with one attached hydrogen (secondary N) is 3. The minimum atomic E-state index is -3.97. The summed E-state index contributed by atoms with van der Waals surface area (Å²) in [7, 11) is -5.97. The van der Waals surface area contributed by atoms with E-state index in [0.717, 1.165) is 4.31 Å². The Hall–Kier alpha value is -2.68. The predicted octanol–water partition coefficient (Wildman–Crippen LogP) is 3.68. The molecule has 14 heteroatoms. The number of sulfonamides is 2. The first-order valence-corrected chi connectivity index (χ1v) is 15.5. The molecule has 1 atom stereocenters. The lowest BCUT2D eigenvalue weighted by Crippen LogP contribution is -2.23. The topological polar surface area (TPSA) is 128 Å². The SMILES string of the molecule is C=C(NS(=S)Nc1cc(S(=O)(=O)Nc2ccc(Cl)cc2)ccc1O)c1cccc(S(=O)(=O)N(C)C)c1. The van der Waals surface area contributed by atoms with Crippen LogP contribution in [0.5, 0.6) is 5.75 Å². The van der Waals surface area contributed by atoms with Crippen molar-refractivity contribution in [2.45, 2.75) is 9.79 Å². The summed E-state index contributed by atoms with van der Waals surface area (Å²) in [6, 6.07) is 16.1. The third-order valence-corrected chi connectivity index (χ3v) is 9.53. The first-order chi connectivity index (χ1) is 16.8. The van der Waals surface area contributed by atoms with Crippen LogP contribution in [0.3, 0.4) is 0 Å². The fourth-order valence-electron chi connectivity index (χ4n) is 2.85. The summed E-state index contributed by atoms with van der Waals surface area (Å²) in [6.45, 7) is 3.91. The Morgan fingerprint density at radius 2 is 1.67 bits per heavy atom. The van der Waals surface area contributed by atoms with Gasteiger partial charge in [-0.1, -0.05) is 30.3 Å². The van der Waals surface area contributed by atoms with Crippen LogP contribution < -0.4 is 14.2 Å². The Morgan fingerprint density at radius 3 is 2.31 bits per heavy atom. The molecule has 0 fully saturated rings. The Morgan fingerprint density at radius 1 is 1.00 bits per heavy atom. The van der Waals surface area contributed by atoms with Crippen molar-refractivity contribution >= 4 is 69.7 Å². The number of halogens is 1. The number of hydrogen-bond donors (Lipinski definition) is 4. The number of phenols is 1. The molecule has 3 aromatic rings. The van der Waals surface area contributed by atoms with Crippen LogP contribution in [0.1, 0.15) is 5.56 Å². The summed E-state index contributed by atoms with van der Waals surface area (Å²) in [4.78, 5) is -0.0147. The summed E-state index contributed by atoms with van der Waals surface area (Å²) < 4.78 is 59.7. The molecule has 0 aliphatic heterocycles. The van der Waals surface area contributed by atoms with Gasteiger partial charge in [0.1, 0.15) is 5.75 Å². The molecule has 0 aliphatic carbocycles. The van der Waals surface area contributed by atoms with Crippen molar-refractivity contribution < 1.29 is 21.9 Å². The molecule has 36 heavy (non-hydrogen) atoms. The molecule has 0 aromatic heterocycles. The molecule has 0 saturated heterocycles. The molecule has 1 unspecified atom stereocenters. The molecule has 4 N–H and O–H groups in total. The highest BCUT2D eigenvalue weighted by Crippen LogP contribution is 2.28. The highest BCUT2D eigenvalue weighted by Gasteiger charge is 2.19. The second-order valence-corrected chi connectivity index (χ2v) is 13.8. The molecular formula is C22H23ClN4O5S4. The molecular weight excluding hydrogens is 564 g/mol. The number of nitrogens with zero attached hydrogens (tertiary/aromatic N) is 1. The Labute approximate surface area is 222 Å². The Bertz CT molecular complexity index is 1530. The van der Waals surface area contributed by atoms with Gasteiger partial charge in [-0.05, 0) is 71.3 Å². The molecule has 0 saturated carbocycles. The van der Waals surface area contributed by atoms with Gasteiger partial charge in [0.2, 0.25) is 10.0 Å². The first-order valence-electron chi connectivity index (χ1n) is 10.1. The molecule has 0 bridgehead atoms. The maximum atomic E-state index is 12.8. The van der Waals surface area contributed by atoms with E-state index in [9.17, 15) is 21.9 Å². The van der Waals surface area contributed by atoms with Crippen molar-refractivity contribution in [2.24, 2.45) is 0 Å². The van der Waals surface area contributed by atoms with Crippen molar-refractivity contribution in [3.63, 3.8) is 0 Å². The second kappa shape index (κ2) is 11.2. The van der Waals surface area contributed by atoms with Crippen LogP contribution in [0.25, 0.3) is 5.70 Å². The molecule has 0 spiro atoms. The van der Waals surface area contributed by atoms with Gasteiger partial charge in [0.25, 0.3) is 10.0 Å². The van der Waals surface area contributed by atoms with E-state index in [4.69, 9.17) is 22.8 Å². The number of rotatable bonds is 10. The second-order valence-electron chi connectivity index (χ2n) is 7.56. The Kier molecular flexibility index (Phi) is 8.64. The van der Waals surface area contributed by atoms with E-state index >= 15 is 0 Å². The lowest BCUT2D eigenvalue weighted by molar-refractivity contribution is 0.477. The van der Waals surface area contributed by atoms with E-state index in [0.29, 0.717) is 22.0 Å². The van der Waals surface area contributed by atoms with Crippen LogP contribution in [0, 0.1) is 0 Å². The zero-order valence-corrected chi connectivity index (χ0v) is 23.1. The lowest BCUT2D eigenvalue weighted by atomic mass is 10.2. The summed E-state index contributed by atoms with van der Waals surface area (Å²) in [6.07, 6.45) is 0. The smallest absolute Gasteiger partial charge is 0.261 e.